The summed E-state index contributed by atoms with van der Waals surface area (Å²) in [4.78, 5) is 16.5. The topological polar surface area (TPSA) is 77.8 Å². The molecule has 24 heavy (non-hydrogen) atoms. The fourth-order valence-electron chi connectivity index (χ4n) is 2.23. The van der Waals surface area contributed by atoms with Gasteiger partial charge in [0.2, 0.25) is 0 Å². The number of rotatable bonds is 5. The summed E-state index contributed by atoms with van der Waals surface area (Å²) in [6.07, 6.45) is 1.53. The molecule has 0 saturated heterocycles. The molecule has 0 bridgehead atoms. The summed E-state index contributed by atoms with van der Waals surface area (Å²) >= 11 is 5.82. The lowest BCUT2D eigenvalue weighted by atomic mass is 10.2. The zero-order chi connectivity index (χ0) is 17.1. The smallest absolute Gasteiger partial charge is 0.271 e. The van der Waals surface area contributed by atoms with Crippen molar-refractivity contribution in [1.29, 1.82) is 0 Å². The van der Waals surface area contributed by atoms with Crippen LogP contribution in [0.2, 0.25) is 5.15 Å². The van der Waals surface area contributed by atoms with Crippen molar-refractivity contribution in [3.8, 4) is 11.5 Å². The molecule has 1 N–H and O–H groups in total. The minimum atomic E-state index is -0.300. The standard InChI is InChI=1S/C16H15ClN4O3/c1-23-12-4-3-10(7-13(12)24-2)8-18-16(22)11-9-21-15(19-11)6-5-14(17)20-21/h3-7,9H,8H2,1-2H3,(H,18,22). The number of carbonyl (C=O) groups is 1. The maximum absolute atomic E-state index is 12.2. The van der Waals surface area contributed by atoms with Gasteiger partial charge in [0.25, 0.3) is 5.91 Å². The van der Waals surface area contributed by atoms with Crippen LogP contribution in [0.25, 0.3) is 5.65 Å². The molecule has 2 aromatic heterocycles. The minimum Gasteiger partial charge on any atom is -0.493 e. The molecule has 124 valence electrons. The van der Waals surface area contributed by atoms with Crippen molar-refractivity contribution in [1.82, 2.24) is 19.9 Å². The summed E-state index contributed by atoms with van der Waals surface area (Å²) in [5, 5.41) is 7.19. The van der Waals surface area contributed by atoms with Gasteiger partial charge in [-0.2, -0.15) is 5.10 Å². The Hall–Kier alpha value is -2.80. The number of methoxy groups -OCH3 is 2. The zero-order valence-electron chi connectivity index (χ0n) is 13.1. The number of nitrogens with zero attached hydrogens (tertiary/aromatic N) is 3. The van der Waals surface area contributed by atoms with Crippen LogP contribution in [-0.4, -0.2) is 34.7 Å². The lowest BCUT2D eigenvalue weighted by Crippen LogP contribution is -2.23. The number of amides is 1. The molecule has 0 radical (unpaired) electrons. The highest BCUT2D eigenvalue weighted by molar-refractivity contribution is 6.29. The molecule has 7 nitrogen and oxygen atoms in total. The summed E-state index contributed by atoms with van der Waals surface area (Å²) in [6.45, 7) is 0.335. The molecule has 0 saturated carbocycles. The molecule has 0 aliphatic rings. The van der Waals surface area contributed by atoms with Gasteiger partial charge in [0.1, 0.15) is 10.8 Å². The van der Waals surface area contributed by atoms with Gasteiger partial charge in [0, 0.05) is 6.54 Å². The third kappa shape index (κ3) is 3.26. The first-order chi connectivity index (χ1) is 11.6. The van der Waals surface area contributed by atoms with Gasteiger partial charge in [-0.3, -0.25) is 4.79 Å². The van der Waals surface area contributed by atoms with Crippen LogP contribution in [0.5, 0.6) is 11.5 Å². The second-order valence-electron chi connectivity index (χ2n) is 4.96. The van der Waals surface area contributed by atoms with Crippen molar-refractivity contribution in [2.75, 3.05) is 14.2 Å². The Kier molecular flexibility index (Phi) is 4.52. The average molecular weight is 347 g/mol. The van der Waals surface area contributed by atoms with Crippen LogP contribution in [0, 0.1) is 0 Å². The number of benzene rings is 1. The summed E-state index contributed by atoms with van der Waals surface area (Å²) in [5.74, 6) is 0.943. The number of imidazole rings is 1. The van der Waals surface area contributed by atoms with E-state index in [0.717, 1.165) is 5.56 Å². The van der Waals surface area contributed by atoms with Gasteiger partial charge < -0.3 is 14.8 Å². The Labute approximate surface area is 143 Å². The van der Waals surface area contributed by atoms with Gasteiger partial charge in [0.05, 0.1) is 20.4 Å². The van der Waals surface area contributed by atoms with Crippen LogP contribution < -0.4 is 14.8 Å². The fraction of sp³-hybridized carbons (Fsp3) is 0.188. The minimum absolute atomic E-state index is 0.269. The monoisotopic (exact) mass is 346 g/mol. The molecular formula is C16H15ClN4O3. The highest BCUT2D eigenvalue weighted by Crippen LogP contribution is 2.27. The number of nitrogens with one attached hydrogen (secondary N) is 1. The van der Waals surface area contributed by atoms with Gasteiger partial charge >= 0.3 is 0 Å². The van der Waals surface area contributed by atoms with E-state index in [4.69, 9.17) is 21.1 Å². The van der Waals surface area contributed by atoms with Crippen LogP contribution in [0.15, 0.2) is 36.5 Å². The van der Waals surface area contributed by atoms with Crippen molar-refractivity contribution in [3.63, 3.8) is 0 Å². The number of hydrogen-bond acceptors (Lipinski definition) is 5. The second kappa shape index (κ2) is 6.76. The molecular weight excluding hydrogens is 332 g/mol. The Balaban J connectivity index is 1.72. The molecule has 1 aromatic carbocycles. The highest BCUT2D eigenvalue weighted by Gasteiger charge is 2.12. The predicted molar refractivity (Wildman–Crippen MR) is 88.7 cm³/mol. The Bertz CT molecular complexity index is 894. The van der Waals surface area contributed by atoms with Gasteiger partial charge in [-0.05, 0) is 29.8 Å². The normalized spacial score (nSPS) is 10.6. The van der Waals surface area contributed by atoms with E-state index in [0.29, 0.717) is 28.8 Å². The van der Waals surface area contributed by atoms with Gasteiger partial charge in [-0.1, -0.05) is 17.7 Å². The van der Waals surface area contributed by atoms with Crippen molar-refractivity contribution < 1.29 is 14.3 Å². The Morgan fingerprint density at radius 1 is 1.21 bits per heavy atom. The number of fused-ring (bicyclic) bond motifs is 1. The van der Waals surface area contributed by atoms with E-state index in [1.54, 1.807) is 32.4 Å². The van der Waals surface area contributed by atoms with E-state index < -0.39 is 0 Å². The number of ether oxygens (including phenoxy) is 2. The van der Waals surface area contributed by atoms with Gasteiger partial charge in [-0.25, -0.2) is 9.50 Å². The molecule has 0 spiro atoms. The fourth-order valence-corrected chi connectivity index (χ4v) is 2.38. The average Bonchev–Trinajstić information content (AvgIpc) is 3.02. The maximum atomic E-state index is 12.2. The number of carbonyl (C=O) groups excluding carboxylic acids is 1. The molecule has 8 heteroatoms. The third-order valence-electron chi connectivity index (χ3n) is 3.42. The first kappa shape index (κ1) is 16.1. The van der Waals surface area contributed by atoms with E-state index in [1.165, 1.54) is 10.7 Å². The molecule has 0 aliphatic carbocycles. The third-order valence-corrected chi connectivity index (χ3v) is 3.62. The molecule has 3 aromatic rings. The van der Waals surface area contributed by atoms with E-state index in [-0.39, 0.29) is 11.6 Å². The molecule has 1 amide bonds. The molecule has 0 unspecified atom stereocenters. The van der Waals surface area contributed by atoms with E-state index in [1.807, 2.05) is 12.1 Å². The summed E-state index contributed by atoms with van der Waals surface area (Å²) in [7, 11) is 3.14. The van der Waals surface area contributed by atoms with Crippen LogP contribution in [0.1, 0.15) is 16.1 Å². The van der Waals surface area contributed by atoms with Gasteiger partial charge in [0.15, 0.2) is 17.1 Å². The molecule has 0 fully saturated rings. The van der Waals surface area contributed by atoms with Gasteiger partial charge in [-0.15, -0.1) is 0 Å². The maximum Gasteiger partial charge on any atom is 0.271 e. The zero-order valence-corrected chi connectivity index (χ0v) is 13.9. The molecule has 3 rings (SSSR count). The summed E-state index contributed by atoms with van der Waals surface area (Å²) < 4.78 is 11.9. The number of hydrogen-bond donors (Lipinski definition) is 1. The summed E-state index contributed by atoms with van der Waals surface area (Å²) in [5.41, 5.74) is 1.70. The second-order valence-corrected chi connectivity index (χ2v) is 5.34. The molecule has 2 heterocycles. The largest absolute Gasteiger partial charge is 0.493 e. The molecule has 0 atom stereocenters. The Morgan fingerprint density at radius 3 is 2.75 bits per heavy atom. The predicted octanol–water partition coefficient (Wildman–Crippen LogP) is 2.33. The van der Waals surface area contributed by atoms with E-state index in [2.05, 4.69) is 15.4 Å². The number of halogens is 1. The van der Waals surface area contributed by atoms with Crippen molar-refractivity contribution in [3.05, 3.63) is 52.9 Å². The highest BCUT2D eigenvalue weighted by atomic mass is 35.5. The number of aromatic nitrogens is 3. The first-order valence-electron chi connectivity index (χ1n) is 7.11. The lowest BCUT2D eigenvalue weighted by Gasteiger charge is -2.09. The SMILES string of the molecule is COc1ccc(CNC(=O)c2cn3nc(Cl)ccc3n2)cc1OC. The quantitative estimate of drug-likeness (QED) is 0.767. The lowest BCUT2D eigenvalue weighted by molar-refractivity contribution is 0.0946. The van der Waals surface area contributed by atoms with Crippen LogP contribution >= 0.6 is 11.6 Å². The van der Waals surface area contributed by atoms with Crippen molar-refractivity contribution in [2.45, 2.75) is 6.54 Å². The Morgan fingerprint density at radius 2 is 2.00 bits per heavy atom. The molecule has 0 aliphatic heterocycles. The van der Waals surface area contributed by atoms with Crippen molar-refractivity contribution in [2.24, 2.45) is 0 Å². The van der Waals surface area contributed by atoms with E-state index in [9.17, 15) is 4.79 Å². The first-order valence-corrected chi connectivity index (χ1v) is 7.49. The summed E-state index contributed by atoms with van der Waals surface area (Å²) in [6, 6.07) is 8.77. The van der Waals surface area contributed by atoms with Crippen LogP contribution in [0.3, 0.4) is 0 Å². The van der Waals surface area contributed by atoms with E-state index >= 15 is 0 Å². The van der Waals surface area contributed by atoms with Crippen LogP contribution in [-0.2, 0) is 6.54 Å². The van der Waals surface area contributed by atoms with Crippen LogP contribution in [0.4, 0.5) is 0 Å². The van der Waals surface area contributed by atoms with Crippen molar-refractivity contribution >= 4 is 23.2 Å².